The molecule has 1 atom stereocenters. The first-order valence-electron chi connectivity index (χ1n) is 6.37. The summed E-state index contributed by atoms with van der Waals surface area (Å²) in [5.74, 6) is -0.309. The summed E-state index contributed by atoms with van der Waals surface area (Å²) in [7, 11) is 0. The molecule has 3 aliphatic heterocycles. The number of carbonyl (C=O) groups excluding carboxylic acids is 1. The predicted octanol–water partition coefficient (Wildman–Crippen LogP) is 0.992. The number of fused-ring (bicyclic) bond motifs is 3. The van der Waals surface area contributed by atoms with Gasteiger partial charge >= 0.3 is 5.97 Å². The molecule has 98 valence electrons. The van der Waals surface area contributed by atoms with Crippen molar-refractivity contribution in [3.63, 3.8) is 0 Å². The zero-order valence-electron chi connectivity index (χ0n) is 10.5. The third kappa shape index (κ3) is 2.15. The van der Waals surface area contributed by atoms with Crippen molar-refractivity contribution in [1.29, 1.82) is 0 Å². The molecule has 0 aliphatic carbocycles. The maximum absolute atomic E-state index is 11.6. The van der Waals surface area contributed by atoms with E-state index in [1.54, 1.807) is 11.3 Å². The molecule has 0 N–H and O–H groups in total. The second-order valence-corrected chi connectivity index (χ2v) is 5.53. The Morgan fingerprint density at radius 3 is 2.89 bits per heavy atom. The standard InChI is InChI=1S/C12H17N3O2S/c1-2-17-12(16)9-8-18-11(13-9)10-7-14-3-5-15(10)6-4-14/h8,10H,2-7H2,1H3. The molecule has 0 saturated carbocycles. The zero-order valence-corrected chi connectivity index (χ0v) is 11.3. The van der Waals surface area contributed by atoms with Crippen LogP contribution in [0.5, 0.6) is 0 Å². The molecule has 1 aromatic heterocycles. The number of hydrogen-bond acceptors (Lipinski definition) is 6. The average Bonchev–Trinajstić information content (AvgIpc) is 2.90. The molecule has 0 spiro atoms. The van der Waals surface area contributed by atoms with Gasteiger partial charge in [-0.1, -0.05) is 0 Å². The first kappa shape index (κ1) is 12.1. The van der Waals surface area contributed by atoms with Gasteiger partial charge in [-0.2, -0.15) is 0 Å². The third-order valence-corrected chi connectivity index (χ3v) is 4.52. The Morgan fingerprint density at radius 2 is 2.28 bits per heavy atom. The number of ether oxygens (including phenoxy) is 1. The van der Waals surface area contributed by atoms with Gasteiger partial charge in [-0.05, 0) is 6.92 Å². The van der Waals surface area contributed by atoms with E-state index in [-0.39, 0.29) is 5.97 Å². The summed E-state index contributed by atoms with van der Waals surface area (Å²) in [5.41, 5.74) is 0.453. The molecule has 4 heterocycles. The highest BCUT2D eigenvalue weighted by Crippen LogP contribution is 2.30. The Hall–Kier alpha value is -0.980. The average molecular weight is 267 g/mol. The molecule has 0 radical (unpaired) electrons. The van der Waals surface area contributed by atoms with Gasteiger partial charge in [0.15, 0.2) is 5.69 Å². The van der Waals surface area contributed by atoms with Gasteiger partial charge in [-0.25, -0.2) is 9.78 Å². The van der Waals surface area contributed by atoms with E-state index in [9.17, 15) is 4.79 Å². The minimum atomic E-state index is -0.309. The molecule has 2 bridgehead atoms. The Labute approximate surface area is 110 Å². The normalized spacial score (nSPS) is 30.4. The van der Waals surface area contributed by atoms with Crippen molar-refractivity contribution >= 4 is 17.3 Å². The largest absolute Gasteiger partial charge is 0.461 e. The lowest BCUT2D eigenvalue weighted by molar-refractivity contribution is 0.0121. The van der Waals surface area contributed by atoms with Gasteiger partial charge in [0.25, 0.3) is 0 Å². The highest BCUT2D eigenvalue weighted by atomic mass is 32.1. The van der Waals surface area contributed by atoms with Crippen LogP contribution in [0, 0.1) is 0 Å². The summed E-state index contributed by atoms with van der Waals surface area (Å²) in [6.45, 7) is 7.78. The second-order valence-electron chi connectivity index (χ2n) is 4.64. The Morgan fingerprint density at radius 1 is 1.50 bits per heavy atom. The van der Waals surface area contributed by atoms with Gasteiger partial charge in [0.2, 0.25) is 0 Å². The van der Waals surface area contributed by atoms with E-state index in [4.69, 9.17) is 4.74 Å². The molecule has 3 aliphatic rings. The fourth-order valence-electron chi connectivity index (χ4n) is 2.59. The van der Waals surface area contributed by atoms with E-state index in [2.05, 4.69) is 14.8 Å². The molecule has 5 nitrogen and oxygen atoms in total. The van der Waals surface area contributed by atoms with Crippen molar-refractivity contribution in [1.82, 2.24) is 14.8 Å². The van der Waals surface area contributed by atoms with Crippen LogP contribution in [0.15, 0.2) is 5.38 Å². The molecule has 0 amide bonds. The van der Waals surface area contributed by atoms with Crippen LogP contribution in [0.25, 0.3) is 0 Å². The first-order chi connectivity index (χ1) is 8.78. The highest BCUT2D eigenvalue weighted by Gasteiger charge is 2.34. The predicted molar refractivity (Wildman–Crippen MR) is 68.8 cm³/mol. The maximum Gasteiger partial charge on any atom is 0.357 e. The number of carbonyl (C=O) groups is 1. The third-order valence-electron chi connectivity index (χ3n) is 3.57. The van der Waals surface area contributed by atoms with E-state index in [1.807, 2.05) is 12.3 Å². The lowest BCUT2D eigenvalue weighted by Gasteiger charge is -2.46. The van der Waals surface area contributed by atoms with Crippen molar-refractivity contribution in [3.8, 4) is 0 Å². The molecular formula is C12H17N3O2S. The van der Waals surface area contributed by atoms with Gasteiger partial charge in [-0.3, -0.25) is 9.80 Å². The number of nitrogens with zero attached hydrogens (tertiary/aromatic N) is 3. The van der Waals surface area contributed by atoms with Crippen molar-refractivity contribution in [2.45, 2.75) is 13.0 Å². The molecule has 4 rings (SSSR count). The molecule has 0 aromatic carbocycles. The first-order valence-corrected chi connectivity index (χ1v) is 7.25. The fourth-order valence-corrected chi connectivity index (χ4v) is 3.50. The Bertz CT molecular complexity index is 440. The number of hydrogen-bond donors (Lipinski definition) is 0. The van der Waals surface area contributed by atoms with Crippen molar-refractivity contribution < 1.29 is 9.53 Å². The van der Waals surface area contributed by atoms with Gasteiger partial charge in [0.05, 0.1) is 12.6 Å². The lowest BCUT2D eigenvalue weighted by Crippen LogP contribution is -2.56. The topological polar surface area (TPSA) is 45.7 Å². The number of piperazine rings is 3. The molecule has 1 unspecified atom stereocenters. The van der Waals surface area contributed by atoms with Crippen molar-refractivity contribution in [2.24, 2.45) is 0 Å². The lowest BCUT2D eigenvalue weighted by atomic mass is 10.1. The van der Waals surface area contributed by atoms with Crippen LogP contribution in [0.1, 0.15) is 28.5 Å². The number of aromatic nitrogens is 1. The van der Waals surface area contributed by atoms with Gasteiger partial charge in [-0.15, -0.1) is 11.3 Å². The summed E-state index contributed by atoms with van der Waals surface area (Å²) in [6, 6.07) is 0.362. The van der Waals surface area contributed by atoms with Crippen molar-refractivity contribution in [2.75, 3.05) is 39.3 Å². The van der Waals surface area contributed by atoms with Crippen LogP contribution in [-0.4, -0.2) is 60.1 Å². The molecule has 1 aromatic rings. The summed E-state index contributed by atoms with van der Waals surface area (Å²) in [5, 5.41) is 2.86. The van der Waals surface area contributed by atoms with E-state index < -0.39 is 0 Å². The van der Waals surface area contributed by atoms with E-state index in [0.29, 0.717) is 18.3 Å². The summed E-state index contributed by atoms with van der Waals surface area (Å²) in [4.78, 5) is 21.0. The number of rotatable bonds is 3. The summed E-state index contributed by atoms with van der Waals surface area (Å²) in [6.07, 6.45) is 0. The second kappa shape index (κ2) is 4.95. The van der Waals surface area contributed by atoms with Crippen LogP contribution in [0.3, 0.4) is 0 Å². The SMILES string of the molecule is CCOC(=O)c1csc(C2CN3CCN2CC3)n1. The monoisotopic (exact) mass is 267 g/mol. The highest BCUT2D eigenvalue weighted by molar-refractivity contribution is 7.09. The zero-order chi connectivity index (χ0) is 12.5. The van der Waals surface area contributed by atoms with Gasteiger partial charge in [0, 0.05) is 38.1 Å². The Kier molecular flexibility index (Phi) is 3.32. The molecular weight excluding hydrogens is 250 g/mol. The molecule has 6 heteroatoms. The van der Waals surface area contributed by atoms with Gasteiger partial charge in [0.1, 0.15) is 5.01 Å². The van der Waals surface area contributed by atoms with E-state index in [0.717, 1.165) is 37.7 Å². The Balaban J connectivity index is 1.75. The van der Waals surface area contributed by atoms with E-state index in [1.165, 1.54) is 0 Å². The fraction of sp³-hybridized carbons (Fsp3) is 0.667. The maximum atomic E-state index is 11.6. The van der Waals surface area contributed by atoms with Crippen LogP contribution in [-0.2, 0) is 4.74 Å². The minimum absolute atomic E-state index is 0.309. The molecule has 18 heavy (non-hydrogen) atoms. The van der Waals surface area contributed by atoms with Crippen LogP contribution < -0.4 is 0 Å². The quantitative estimate of drug-likeness (QED) is 0.764. The summed E-state index contributed by atoms with van der Waals surface area (Å²) < 4.78 is 4.97. The van der Waals surface area contributed by atoms with Crippen LogP contribution in [0.4, 0.5) is 0 Å². The van der Waals surface area contributed by atoms with Crippen LogP contribution in [0.2, 0.25) is 0 Å². The summed E-state index contributed by atoms with van der Waals surface area (Å²) >= 11 is 1.57. The number of esters is 1. The smallest absolute Gasteiger partial charge is 0.357 e. The van der Waals surface area contributed by atoms with Crippen molar-refractivity contribution in [3.05, 3.63) is 16.1 Å². The molecule has 3 fully saturated rings. The molecule has 3 saturated heterocycles. The van der Waals surface area contributed by atoms with Gasteiger partial charge < -0.3 is 4.74 Å². The number of thiazole rings is 1. The van der Waals surface area contributed by atoms with E-state index >= 15 is 0 Å². The van der Waals surface area contributed by atoms with Crippen LogP contribution >= 0.6 is 11.3 Å². The minimum Gasteiger partial charge on any atom is -0.461 e.